The molecule has 16 heavy (non-hydrogen) atoms. The van der Waals surface area contributed by atoms with E-state index in [1.807, 2.05) is 6.07 Å². The van der Waals surface area contributed by atoms with Crippen LogP contribution in [-0.4, -0.2) is 4.98 Å². The van der Waals surface area contributed by atoms with Gasteiger partial charge in [-0.05, 0) is 40.8 Å². The van der Waals surface area contributed by atoms with Gasteiger partial charge in [-0.3, -0.25) is 4.98 Å². The van der Waals surface area contributed by atoms with Crippen molar-refractivity contribution < 1.29 is 0 Å². The molecule has 0 bridgehead atoms. The lowest BCUT2D eigenvalue weighted by atomic mass is 10.1. The molecule has 0 aliphatic carbocycles. The van der Waals surface area contributed by atoms with Crippen molar-refractivity contribution >= 4 is 57.4 Å². The average molecular weight is 384 g/mol. The van der Waals surface area contributed by atoms with Crippen LogP contribution >= 0.6 is 57.4 Å². The molecule has 1 aromatic carbocycles. The Hall–Kier alpha value is -0.0300. The lowest BCUT2D eigenvalue weighted by molar-refractivity contribution is 1.31. The van der Waals surface area contributed by atoms with E-state index in [1.165, 1.54) is 0 Å². The molecule has 0 spiro atoms. The van der Waals surface area contributed by atoms with Gasteiger partial charge in [0.05, 0.1) is 10.0 Å². The Kier molecular flexibility index (Phi) is 3.95. The zero-order valence-electron chi connectivity index (χ0n) is 7.85. The summed E-state index contributed by atoms with van der Waals surface area (Å²) in [6.07, 6.45) is 3.49. The van der Waals surface area contributed by atoms with Gasteiger partial charge in [0.2, 0.25) is 0 Å². The van der Waals surface area contributed by atoms with Gasteiger partial charge in [-0.1, -0.05) is 34.8 Å². The van der Waals surface area contributed by atoms with Crippen LogP contribution in [-0.2, 0) is 0 Å². The molecule has 82 valence electrons. The zero-order chi connectivity index (χ0) is 11.7. The van der Waals surface area contributed by atoms with Crippen molar-refractivity contribution in [2.75, 3.05) is 0 Å². The first-order valence-corrected chi connectivity index (χ1v) is 6.54. The highest BCUT2D eigenvalue weighted by molar-refractivity contribution is 14.1. The third-order valence-electron chi connectivity index (χ3n) is 2.00. The summed E-state index contributed by atoms with van der Waals surface area (Å²) < 4.78 is 1.03. The van der Waals surface area contributed by atoms with Gasteiger partial charge in [0.15, 0.2) is 0 Å². The minimum absolute atomic E-state index is 0.525. The Balaban J connectivity index is 2.64. The van der Waals surface area contributed by atoms with Crippen LogP contribution in [0.3, 0.4) is 0 Å². The molecule has 0 atom stereocenters. The molecule has 0 saturated carbocycles. The standard InChI is InChI=1S/C11H5Cl3IN/c12-7-2-9(13)11(10(14)3-7)6-1-8(15)5-16-4-6/h1-5H. The monoisotopic (exact) mass is 383 g/mol. The van der Waals surface area contributed by atoms with E-state index >= 15 is 0 Å². The van der Waals surface area contributed by atoms with Gasteiger partial charge in [0.25, 0.3) is 0 Å². The van der Waals surface area contributed by atoms with E-state index in [4.69, 9.17) is 34.8 Å². The summed E-state index contributed by atoms with van der Waals surface area (Å²) in [5, 5.41) is 1.58. The van der Waals surface area contributed by atoms with E-state index in [1.54, 1.807) is 24.5 Å². The van der Waals surface area contributed by atoms with Gasteiger partial charge in [0, 0.05) is 32.1 Å². The summed E-state index contributed by atoms with van der Waals surface area (Å²) in [6.45, 7) is 0. The number of hydrogen-bond donors (Lipinski definition) is 0. The maximum Gasteiger partial charge on any atom is 0.0514 e. The highest BCUT2D eigenvalue weighted by Crippen LogP contribution is 2.37. The minimum atomic E-state index is 0.525. The topological polar surface area (TPSA) is 12.9 Å². The van der Waals surface area contributed by atoms with E-state index in [9.17, 15) is 0 Å². The minimum Gasteiger partial charge on any atom is -0.263 e. The summed E-state index contributed by atoms with van der Waals surface area (Å²) in [7, 11) is 0. The van der Waals surface area contributed by atoms with E-state index in [-0.39, 0.29) is 0 Å². The average Bonchev–Trinajstić information content (AvgIpc) is 2.15. The number of rotatable bonds is 1. The molecule has 0 aliphatic heterocycles. The highest BCUT2D eigenvalue weighted by Gasteiger charge is 2.10. The number of benzene rings is 1. The third kappa shape index (κ3) is 2.62. The Morgan fingerprint density at radius 3 is 2.12 bits per heavy atom. The summed E-state index contributed by atoms with van der Waals surface area (Å²) in [5.41, 5.74) is 1.65. The first kappa shape index (κ1) is 12.4. The molecule has 0 unspecified atom stereocenters. The van der Waals surface area contributed by atoms with Crippen molar-refractivity contribution in [1.29, 1.82) is 0 Å². The molecule has 1 heterocycles. The quantitative estimate of drug-likeness (QED) is 0.607. The predicted octanol–water partition coefficient (Wildman–Crippen LogP) is 5.31. The second-order valence-electron chi connectivity index (χ2n) is 3.14. The summed E-state index contributed by atoms with van der Waals surface area (Å²) in [5.74, 6) is 0. The zero-order valence-corrected chi connectivity index (χ0v) is 12.3. The Labute approximate surface area is 122 Å². The molecule has 2 aromatic rings. The predicted molar refractivity (Wildman–Crippen MR) is 77.4 cm³/mol. The molecular formula is C11H5Cl3IN. The molecular weight excluding hydrogens is 379 g/mol. The van der Waals surface area contributed by atoms with Crippen LogP contribution in [0.5, 0.6) is 0 Å². The molecule has 0 N–H and O–H groups in total. The molecule has 0 amide bonds. The van der Waals surface area contributed by atoms with Crippen LogP contribution in [0.25, 0.3) is 11.1 Å². The fourth-order valence-corrected chi connectivity index (χ4v) is 2.90. The van der Waals surface area contributed by atoms with Crippen LogP contribution < -0.4 is 0 Å². The molecule has 0 fully saturated rings. The van der Waals surface area contributed by atoms with Crippen molar-refractivity contribution in [2.24, 2.45) is 0 Å². The second-order valence-corrected chi connectivity index (χ2v) is 5.63. The molecule has 1 nitrogen and oxygen atoms in total. The lowest BCUT2D eigenvalue weighted by Crippen LogP contribution is -1.85. The number of aromatic nitrogens is 1. The van der Waals surface area contributed by atoms with Gasteiger partial charge >= 0.3 is 0 Å². The molecule has 2 rings (SSSR count). The second kappa shape index (κ2) is 5.08. The van der Waals surface area contributed by atoms with Crippen molar-refractivity contribution in [1.82, 2.24) is 4.98 Å². The maximum atomic E-state index is 6.12. The molecule has 5 heteroatoms. The van der Waals surface area contributed by atoms with E-state index in [0.717, 1.165) is 14.7 Å². The Morgan fingerprint density at radius 2 is 1.56 bits per heavy atom. The Bertz CT molecular complexity index is 519. The van der Waals surface area contributed by atoms with Crippen LogP contribution in [0.2, 0.25) is 15.1 Å². The normalized spacial score (nSPS) is 10.5. The van der Waals surface area contributed by atoms with E-state index in [2.05, 4.69) is 27.6 Å². The van der Waals surface area contributed by atoms with Crippen LogP contribution in [0.1, 0.15) is 0 Å². The highest BCUT2D eigenvalue weighted by atomic mass is 127. The number of halogens is 4. The lowest BCUT2D eigenvalue weighted by Gasteiger charge is -2.07. The van der Waals surface area contributed by atoms with E-state index < -0.39 is 0 Å². The maximum absolute atomic E-state index is 6.12. The van der Waals surface area contributed by atoms with Crippen LogP contribution in [0.4, 0.5) is 0 Å². The fourth-order valence-electron chi connectivity index (χ4n) is 1.37. The first-order chi connectivity index (χ1) is 7.58. The van der Waals surface area contributed by atoms with Crippen LogP contribution in [0.15, 0.2) is 30.6 Å². The largest absolute Gasteiger partial charge is 0.263 e. The first-order valence-electron chi connectivity index (χ1n) is 4.33. The smallest absolute Gasteiger partial charge is 0.0514 e. The Morgan fingerprint density at radius 1 is 0.938 bits per heavy atom. The van der Waals surface area contributed by atoms with E-state index in [0.29, 0.717) is 15.1 Å². The van der Waals surface area contributed by atoms with Gasteiger partial charge in [-0.15, -0.1) is 0 Å². The van der Waals surface area contributed by atoms with Gasteiger partial charge in [0.1, 0.15) is 0 Å². The third-order valence-corrected chi connectivity index (χ3v) is 3.40. The molecule has 0 radical (unpaired) electrons. The van der Waals surface area contributed by atoms with Gasteiger partial charge in [-0.2, -0.15) is 0 Å². The van der Waals surface area contributed by atoms with Crippen molar-refractivity contribution in [2.45, 2.75) is 0 Å². The van der Waals surface area contributed by atoms with Gasteiger partial charge in [-0.25, -0.2) is 0 Å². The molecule has 1 aromatic heterocycles. The summed E-state index contributed by atoms with van der Waals surface area (Å²) in [4.78, 5) is 4.11. The summed E-state index contributed by atoms with van der Waals surface area (Å²) >= 11 is 20.3. The number of pyridine rings is 1. The SMILES string of the molecule is Clc1cc(Cl)c(-c2cncc(I)c2)c(Cl)c1. The van der Waals surface area contributed by atoms with Crippen molar-refractivity contribution in [3.05, 3.63) is 49.2 Å². The number of nitrogens with zero attached hydrogens (tertiary/aromatic N) is 1. The van der Waals surface area contributed by atoms with Crippen molar-refractivity contribution in [3.63, 3.8) is 0 Å². The summed E-state index contributed by atoms with van der Waals surface area (Å²) in [6, 6.07) is 5.31. The number of hydrogen-bond acceptors (Lipinski definition) is 1. The molecule has 0 saturated heterocycles. The van der Waals surface area contributed by atoms with Gasteiger partial charge < -0.3 is 0 Å². The molecule has 0 aliphatic rings. The van der Waals surface area contributed by atoms with Crippen LogP contribution in [0, 0.1) is 3.57 Å². The fraction of sp³-hybridized carbons (Fsp3) is 0. The van der Waals surface area contributed by atoms with Crippen molar-refractivity contribution in [3.8, 4) is 11.1 Å².